The molecule has 1 aliphatic heterocycles. The van der Waals surface area contributed by atoms with E-state index in [1.54, 1.807) is 0 Å². The van der Waals surface area contributed by atoms with Crippen LogP contribution in [0.25, 0.3) is 0 Å². The molecule has 116 valence electrons. The molecule has 1 N–H and O–H groups in total. The zero-order valence-electron chi connectivity index (χ0n) is 12.9. The molecule has 1 aliphatic carbocycles. The predicted octanol–water partition coefficient (Wildman–Crippen LogP) is 3.33. The van der Waals surface area contributed by atoms with Crippen LogP contribution in [0, 0.1) is 12.8 Å². The molecule has 0 unspecified atom stereocenters. The van der Waals surface area contributed by atoms with Gasteiger partial charge in [-0.1, -0.05) is 0 Å². The number of amides is 1. The molecule has 0 radical (unpaired) electrons. The monoisotopic (exact) mass is 306 g/mol. The summed E-state index contributed by atoms with van der Waals surface area (Å²) < 4.78 is 0. The summed E-state index contributed by atoms with van der Waals surface area (Å²) in [6.45, 7) is 5.63. The molecule has 0 aromatic carbocycles. The number of aryl methyl sites for hydroxylation is 1. The van der Waals surface area contributed by atoms with Gasteiger partial charge in [-0.05, 0) is 63.6 Å². The molecule has 21 heavy (non-hydrogen) atoms. The number of likely N-dealkylation sites (tertiary alicyclic amines) is 1. The number of hydrogen-bond acceptors (Lipinski definition) is 3. The normalized spacial score (nSPS) is 23.2. The van der Waals surface area contributed by atoms with Crippen molar-refractivity contribution in [1.29, 1.82) is 0 Å². The highest BCUT2D eigenvalue weighted by atomic mass is 32.1. The van der Waals surface area contributed by atoms with Crippen LogP contribution >= 0.6 is 11.3 Å². The minimum absolute atomic E-state index is 0.267. The molecule has 1 aromatic rings. The van der Waals surface area contributed by atoms with E-state index in [4.69, 9.17) is 0 Å². The molecule has 1 amide bonds. The highest BCUT2D eigenvalue weighted by molar-refractivity contribution is 7.11. The second-order valence-corrected chi connectivity index (χ2v) is 8.01. The van der Waals surface area contributed by atoms with Crippen molar-refractivity contribution in [2.24, 2.45) is 5.92 Å². The van der Waals surface area contributed by atoms with Gasteiger partial charge in [0, 0.05) is 35.3 Å². The number of nitrogens with zero attached hydrogens (tertiary/aromatic N) is 1. The van der Waals surface area contributed by atoms with E-state index in [0.717, 1.165) is 19.5 Å². The maximum Gasteiger partial charge on any atom is 0.220 e. The molecule has 2 aliphatic rings. The summed E-state index contributed by atoms with van der Waals surface area (Å²) in [5, 5.41) is 3.10. The minimum Gasteiger partial charge on any atom is -0.353 e. The van der Waals surface area contributed by atoms with Crippen molar-refractivity contribution >= 4 is 17.2 Å². The van der Waals surface area contributed by atoms with Crippen molar-refractivity contribution in [2.75, 3.05) is 13.1 Å². The molecule has 0 spiro atoms. The SMILES string of the molecule is Cc1ccc(CN2CCC[C@@H](CCC(=O)NC3CC3)C2)s1. The van der Waals surface area contributed by atoms with E-state index >= 15 is 0 Å². The van der Waals surface area contributed by atoms with Gasteiger partial charge in [-0.3, -0.25) is 9.69 Å². The maximum atomic E-state index is 11.8. The van der Waals surface area contributed by atoms with Gasteiger partial charge in [0.25, 0.3) is 0 Å². The summed E-state index contributed by atoms with van der Waals surface area (Å²) in [6.07, 6.45) is 6.70. The Labute approximate surface area is 131 Å². The van der Waals surface area contributed by atoms with Crippen molar-refractivity contribution in [3.8, 4) is 0 Å². The van der Waals surface area contributed by atoms with Gasteiger partial charge >= 0.3 is 0 Å². The number of hydrogen-bond donors (Lipinski definition) is 1. The number of piperidine rings is 1. The average Bonchev–Trinajstić information content (AvgIpc) is 3.18. The highest BCUT2D eigenvalue weighted by Crippen LogP contribution is 2.25. The minimum atomic E-state index is 0.267. The summed E-state index contributed by atoms with van der Waals surface area (Å²) in [6, 6.07) is 4.97. The Morgan fingerprint density at radius 2 is 2.24 bits per heavy atom. The van der Waals surface area contributed by atoms with Crippen molar-refractivity contribution in [1.82, 2.24) is 10.2 Å². The number of thiophene rings is 1. The molecule has 2 fully saturated rings. The first-order valence-electron chi connectivity index (χ1n) is 8.26. The van der Waals surface area contributed by atoms with Crippen LogP contribution in [0.4, 0.5) is 0 Å². The third-order valence-electron chi connectivity index (χ3n) is 4.50. The van der Waals surface area contributed by atoms with Crippen LogP contribution in [-0.2, 0) is 11.3 Å². The highest BCUT2D eigenvalue weighted by Gasteiger charge is 2.24. The number of nitrogens with one attached hydrogen (secondary N) is 1. The van der Waals surface area contributed by atoms with Crippen LogP contribution in [0.5, 0.6) is 0 Å². The Morgan fingerprint density at radius 3 is 2.95 bits per heavy atom. The van der Waals surface area contributed by atoms with Gasteiger partial charge in [0.1, 0.15) is 0 Å². The molecule has 1 aromatic heterocycles. The summed E-state index contributed by atoms with van der Waals surface area (Å²) in [5.74, 6) is 0.966. The Balaban J connectivity index is 1.41. The summed E-state index contributed by atoms with van der Waals surface area (Å²) in [4.78, 5) is 17.2. The van der Waals surface area contributed by atoms with E-state index in [1.165, 1.54) is 42.0 Å². The lowest BCUT2D eigenvalue weighted by Crippen LogP contribution is -2.35. The largest absolute Gasteiger partial charge is 0.353 e. The molecule has 2 heterocycles. The summed E-state index contributed by atoms with van der Waals surface area (Å²) in [7, 11) is 0. The van der Waals surface area contributed by atoms with Gasteiger partial charge in [-0.2, -0.15) is 0 Å². The Hall–Kier alpha value is -0.870. The van der Waals surface area contributed by atoms with Gasteiger partial charge in [0.2, 0.25) is 5.91 Å². The van der Waals surface area contributed by atoms with Crippen LogP contribution in [0.2, 0.25) is 0 Å². The molecule has 1 atom stereocenters. The first-order chi connectivity index (χ1) is 10.2. The molecule has 3 nitrogen and oxygen atoms in total. The fraction of sp³-hybridized carbons (Fsp3) is 0.706. The van der Waals surface area contributed by atoms with E-state index in [0.29, 0.717) is 18.4 Å². The standard InChI is InChI=1S/C17H26N2OS/c1-13-4-8-16(21-13)12-19-10-2-3-14(11-19)5-9-17(20)18-15-6-7-15/h4,8,14-15H,2-3,5-7,9-12H2,1H3,(H,18,20)/t14-/m0/s1. The molecule has 0 bridgehead atoms. The fourth-order valence-electron chi connectivity index (χ4n) is 3.18. The number of rotatable bonds is 6. The fourth-order valence-corrected chi connectivity index (χ4v) is 4.12. The van der Waals surface area contributed by atoms with Crippen molar-refractivity contribution in [3.05, 3.63) is 21.9 Å². The van der Waals surface area contributed by atoms with Crippen LogP contribution in [0.1, 0.15) is 48.3 Å². The van der Waals surface area contributed by atoms with Crippen LogP contribution in [0.3, 0.4) is 0 Å². The zero-order chi connectivity index (χ0) is 14.7. The van der Waals surface area contributed by atoms with Gasteiger partial charge in [0.15, 0.2) is 0 Å². The lowest BCUT2D eigenvalue weighted by molar-refractivity contribution is -0.121. The lowest BCUT2D eigenvalue weighted by atomic mass is 9.93. The van der Waals surface area contributed by atoms with Crippen LogP contribution in [-0.4, -0.2) is 29.9 Å². The Bertz CT molecular complexity index is 481. The van der Waals surface area contributed by atoms with E-state index < -0.39 is 0 Å². The third kappa shape index (κ3) is 4.82. The van der Waals surface area contributed by atoms with Crippen LogP contribution < -0.4 is 5.32 Å². The van der Waals surface area contributed by atoms with E-state index in [1.807, 2.05) is 11.3 Å². The van der Waals surface area contributed by atoms with Crippen molar-refractivity contribution in [3.63, 3.8) is 0 Å². The molecule has 3 rings (SSSR count). The average molecular weight is 306 g/mol. The first kappa shape index (κ1) is 15.0. The van der Waals surface area contributed by atoms with Gasteiger partial charge in [0.05, 0.1) is 0 Å². The van der Waals surface area contributed by atoms with Crippen molar-refractivity contribution in [2.45, 2.75) is 58.0 Å². The zero-order valence-corrected chi connectivity index (χ0v) is 13.8. The lowest BCUT2D eigenvalue weighted by Gasteiger charge is -2.32. The van der Waals surface area contributed by atoms with E-state index in [-0.39, 0.29) is 5.91 Å². The number of carbonyl (C=O) groups is 1. The van der Waals surface area contributed by atoms with E-state index in [2.05, 4.69) is 29.3 Å². The molecular formula is C17H26N2OS. The molecule has 1 saturated carbocycles. The predicted molar refractivity (Wildman–Crippen MR) is 87.5 cm³/mol. The number of carbonyl (C=O) groups excluding carboxylic acids is 1. The second kappa shape index (κ2) is 6.93. The smallest absolute Gasteiger partial charge is 0.220 e. The van der Waals surface area contributed by atoms with Gasteiger partial charge in [-0.15, -0.1) is 11.3 Å². The second-order valence-electron chi connectivity index (χ2n) is 6.64. The van der Waals surface area contributed by atoms with Crippen molar-refractivity contribution < 1.29 is 4.79 Å². The third-order valence-corrected chi connectivity index (χ3v) is 5.49. The maximum absolute atomic E-state index is 11.8. The molecule has 1 saturated heterocycles. The summed E-state index contributed by atoms with van der Waals surface area (Å²) in [5.41, 5.74) is 0. The quantitative estimate of drug-likeness (QED) is 0.874. The first-order valence-corrected chi connectivity index (χ1v) is 9.08. The van der Waals surface area contributed by atoms with Gasteiger partial charge < -0.3 is 5.32 Å². The molecular weight excluding hydrogens is 280 g/mol. The topological polar surface area (TPSA) is 32.3 Å². The molecule has 4 heteroatoms. The van der Waals surface area contributed by atoms with Gasteiger partial charge in [-0.25, -0.2) is 0 Å². The van der Waals surface area contributed by atoms with Crippen LogP contribution in [0.15, 0.2) is 12.1 Å². The summed E-state index contributed by atoms with van der Waals surface area (Å²) >= 11 is 1.91. The Kier molecular flexibility index (Phi) is 4.96. The van der Waals surface area contributed by atoms with E-state index in [9.17, 15) is 4.79 Å². The Morgan fingerprint density at radius 1 is 1.38 bits per heavy atom.